The van der Waals surface area contributed by atoms with Gasteiger partial charge in [0.1, 0.15) is 0 Å². The smallest absolute Gasteiger partial charge is 0.289 e. The van der Waals surface area contributed by atoms with Crippen molar-refractivity contribution in [1.29, 1.82) is 0 Å². The normalized spacial score (nSPS) is 18.1. The van der Waals surface area contributed by atoms with E-state index in [-0.39, 0.29) is 5.91 Å². The topological polar surface area (TPSA) is 49.6 Å². The van der Waals surface area contributed by atoms with E-state index >= 15 is 0 Å². The van der Waals surface area contributed by atoms with E-state index in [1.165, 1.54) is 23.4 Å². The fourth-order valence-electron chi connectivity index (χ4n) is 2.97. The first kappa shape index (κ1) is 12.9. The minimum Gasteiger partial charge on any atom is -0.459 e. The van der Waals surface area contributed by atoms with Crippen LogP contribution in [0.5, 0.6) is 0 Å². The van der Waals surface area contributed by atoms with Crippen LogP contribution in [0.25, 0.3) is 0 Å². The summed E-state index contributed by atoms with van der Waals surface area (Å²) in [6.07, 6.45) is 5.10. The highest BCUT2D eigenvalue weighted by molar-refractivity contribution is 7.15. The predicted octanol–water partition coefficient (Wildman–Crippen LogP) is 2.19. The van der Waals surface area contributed by atoms with Gasteiger partial charge in [-0.1, -0.05) is 0 Å². The van der Waals surface area contributed by atoms with E-state index in [2.05, 4.69) is 4.90 Å². The molecule has 0 spiro atoms. The van der Waals surface area contributed by atoms with Gasteiger partial charge in [0.25, 0.3) is 5.91 Å². The molecule has 0 atom stereocenters. The van der Waals surface area contributed by atoms with Gasteiger partial charge >= 0.3 is 0 Å². The Labute approximate surface area is 127 Å². The molecule has 1 saturated heterocycles. The number of carbonyl (C=O) groups excluding carboxylic acids is 1. The van der Waals surface area contributed by atoms with Gasteiger partial charge in [0.15, 0.2) is 10.9 Å². The quantitative estimate of drug-likeness (QED) is 0.853. The van der Waals surface area contributed by atoms with Crippen molar-refractivity contribution in [3.8, 4) is 0 Å². The number of piperazine rings is 1. The number of fused-ring (bicyclic) bond motifs is 1. The molecule has 1 amide bonds. The van der Waals surface area contributed by atoms with Gasteiger partial charge < -0.3 is 14.2 Å². The van der Waals surface area contributed by atoms with Crippen molar-refractivity contribution >= 4 is 22.4 Å². The summed E-state index contributed by atoms with van der Waals surface area (Å²) in [5.74, 6) is 0.415. The fourth-order valence-corrected chi connectivity index (χ4v) is 4.17. The number of carbonyl (C=O) groups is 1. The number of aryl methyl sites for hydroxylation is 2. The molecular formula is C15H17N3O2S. The molecule has 6 heteroatoms. The van der Waals surface area contributed by atoms with Crippen molar-refractivity contribution in [2.75, 3.05) is 31.1 Å². The Bertz CT molecular complexity index is 620. The van der Waals surface area contributed by atoms with Crippen molar-refractivity contribution < 1.29 is 9.21 Å². The van der Waals surface area contributed by atoms with Crippen LogP contribution in [-0.4, -0.2) is 42.0 Å². The monoisotopic (exact) mass is 303 g/mol. The van der Waals surface area contributed by atoms with Gasteiger partial charge in [0.2, 0.25) is 0 Å². The molecule has 4 rings (SSSR count). The molecule has 1 aliphatic carbocycles. The van der Waals surface area contributed by atoms with E-state index < -0.39 is 0 Å². The van der Waals surface area contributed by atoms with Crippen molar-refractivity contribution in [3.05, 3.63) is 34.7 Å². The molecule has 21 heavy (non-hydrogen) atoms. The molecule has 2 aromatic rings. The molecule has 1 fully saturated rings. The first-order valence-electron chi connectivity index (χ1n) is 7.37. The molecule has 0 radical (unpaired) electrons. The highest BCUT2D eigenvalue weighted by Gasteiger charge is 2.26. The molecule has 5 nitrogen and oxygen atoms in total. The van der Waals surface area contributed by atoms with Crippen LogP contribution in [0.1, 0.15) is 27.5 Å². The zero-order valence-electron chi connectivity index (χ0n) is 11.7. The van der Waals surface area contributed by atoms with E-state index in [1.54, 1.807) is 18.4 Å². The maximum absolute atomic E-state index is 12.2. The predicted molar refractivity (Wildman–Crippen MR) is 81.0 cm³/mol. The summed E-state index contributed by atoms with van der Waals surface area (Å²) in [6, 6.07) is 3.47. The number of hydrogen-bond acceptors (Lipinski definition) is 5. The molecule has 2 aliphatic rings. The zero-order chi connectivity index (χ0) is 14.2. The fraction of sp³-hybridized carbons (Fsp3) is 0.467. The Morgan fingerprint density at radius 1 is 1.24 bits per heavy atom. The first-order chi connectivity index (χ1) is 10.3. The molecule has 0 saturated carbocycles. The Morgan fingerprint density at radius 3 is 2.81 bits per heavy atom. The van der Waals surface area contributed by atoms with Crippen LogP contribution < -0.4 is 4.90 Å². The lowest BCUT2D eigenvalue weighted by molar-refractivity contribution is 0.0714. The number of anilines is 1. The maximum atomic E-state index is 12.2. The molecule has 0 N–H and O–H groups in total. The highest BCUT2D eigenvalue weighted by atomic mass is 32.1. The molecule has 3 heterocycles. The van der Waals surface area contributed by atoms with Gasteiger partial charge in [-0.2, -0.15) is 0 Å². The number of nitrogens with zero attached hydrogens (tertiary/aromatic N) is 3. The van der Waals surface area contributed by atoms with Crippen molar-refractivity contribution in [3.63, 3.8) is 0 Å². The van der Waals surface area contributed by atoms with E-state index in [1.807, 2.05) is 16.2 Å². The highest BCUT2D eigenvalue weighted by Crippen LogP contribution is 2.33. The van der Waals surface area contributed by atoms with Crippen LogP contribution in [0, 0.1) is 0 Å². The Balaban J connectivity index is 1.41. The number of hydrogen-bond donors (Lipinski definition) is 0. The van der Waals surface area contributed by atoms with Crippen LogP contribution in [-0.2, 0) is 12.8 Å². The third kappa shape index (κ3) is 2.33. The number of thiazole rings is 1. The summed E-state index contributed by atoms with van der Waals surface area (Å²) < 4.78 is 5.19. The standard InChI is InChI=1S/C15H17N3O2S/c19-14(12-4-2-10-20-12)17-6-8-18(9-7-17)15-16-11-3-1-5-13(11)21-15/h2,4,10H,1,3,5-9H2. The second kappa shape index (κ2) is 5.18. The number of aromatic nitrogens is 1. The number of amides is 1. The second-order valence-corrected chi connectivity index (χ2v) is 6.54. The van der Waals surface area contributed by atoms with Gasteiger partial charge in [0.05, 0.1) is 12.0 Å². The van der Waals surface area contributed by atoms with Crippen molar-refractivity contribution in [2.24, 2.45) is 0 Å². The third-order valence-corrected chi connectivity index (χ3v) is 5.37. The summed E-state index contributed by atoms with van der Waals surface area (Å²) in [5, 5.41) is 1.13. The minimum absolute atomic E-state index is 0.0127. The lowest BCUT2D eigenvalue weighted by Gasteiger charge is -2.34. The second-order valence-electron chi connectivity index (χ2n) is 5.48. The number of furan rings is 1. The van der Waals surface area contributed by atoms with Crippen LogP contribution >= 0.6 is 11.3 Å². The Morgan fingerprint density at radius 2 is 2.10 bits per heavy atom. The largest absolute Gasteiger partial charge is 0.459 e. The average molecular weight is 303 g/mol. The van der Waals surface area contributed by atoms with Crippen LogP contribution in [0.4, 0.5) is 5.13 Å². The molecule has 2 aromatic heterocycles. The van der Waals surface area contributed by atoms with E-state index in [0.29, 0.717) is 5.76 Å². The molecule has 0 bridgehead atoms. The third-order valence-electron chi connectivity index (χ3n) is 4.15. The van der Waals surface area contributed by atoms with Crippen molar-refractivity contribution in [1.82, 2.24) is 9.88 Å². The summed E-state index contributed by atoms with van der Waals surface area (Å²) in [5.41, 5.74) is 1.30. The van der Waals surface area contributed by atoms with Gasteiger partial charge in [-0.15, -0.1) is 11.3 Å². The van der Waals surface area contributed by atoms with Crippen LogP contribution in [0.3, 0.4) is 0 Å². The van der Waals surface area contributed by atoms with Gasteiger partial charge in [-0.25, -0.2) is 4.98 Å². The first-order valence-corrected chi connectivity index (χ1v) is 8.19. The van der Waals surface area contributed by atoms with E-state index in [0.717, 1.165) is 37.7 Å². The lowest BCUT2D eigenvalue weighted by Crippen LogP contribution is -2.48. The van der Waals surface area contributed by atoms with Gasteiger partial charge in [-0.05, 0) is 31.4 Å². The van der Waals surface area contributed by atoms with Crippen LogP contribution in [0.15, 0.2) is 22.8 Å². The average Bonchev–Trinajstić information content (AvgIpc) is 3.23. The summed E-state index contributed by atoms with van der Waals surface area (Å²) in [7, 11) is 0. The van der Waals surface area contributed by atoms with Gasteiger partial charge in [0, 0.05) is 31.1 Å². The molecule has 0 unspecified atom stereocenters. The molecule has 0 aromatic carbocycles. The van der Waals surface area contributed by atoms with E-state index in [4.69, 9.17) is 9.40 Å². The molecular weight excluding hydrogens is 286 g/mol. The SMILES string of the molecule is O=C(c1ccco1)N1CCN(c2nc3c(s2)CCC3)CC1. The number of rotatable bonds is 2. The Hall–Kier alpha value is -1.82. The summed E-state index contributed by atoms with van der Waals surface area (Å²) in [6.45, 7) is 3.14. The lowest BCUT2D eigenvalue weighted by atomic mass is 10.3. The maximum Gasteiger partial charge on any atom is 0.289 e. The summed E-state index contributed by atoms with van der Waals surface area (Å²) >= 11 is 1.83. The minimum atomic E-state index is -0.0127. The molecule has 1 aliphatic heterocycles. The zero-order valence-corrected chi connectivity index (χ0v) is 12.6. The van der Waals surface area contributed by atoms with Gasteiger partial charge in [-0.3, -0.25) is 4.79 Å². The van der Waals surface area contributed by atoms with Crippen molar-refractivity contribution in [2.45, 2.75) is 19.3 Å². The van der Waals surface area contributed by atoms with Crippen LogP contribution in [0.2, 0.25) is 0 Å². The molecule has 110 valence electrons. The Kier molecular flexibility index (Phi) is 3.18. The van der Waals surface area contributed by atoms with E-state index in [9.17, 15) is 4.79 Å². The summed E-state index contributed by atoms with van der Waals surface area (Å²) in [4.78, 5) is 22.6.